The lowest BCUT2D eigenvalue weighted by atomic mass is 10.0. The number of carbonyl (C=O) groups excluding carboxylic acids is 2. The van der Waals surface area contributed by atoms with Crippen LogP contribution in [0, 0.1) is 0 Å². The average Bonchev–Trinajstić information content (AvgIpc) is 2.78. The number of carbonyl (C=O) groups is 2. The third kappa shape index (κ3) is 6.89. The summed E-state index contributed by atoms with van der Waals surface area (Å²) in [5, 5.41) is 12.1. The van der Waals surface area contributed by atoms with Crippen LogP contribution in [-0.2, 0) is 4.79 Å². The molecule has 0 aliphatic heterocycles. The highest BCUT2D eigenvalue weighted by Crippen LogP contribution is 2.26. The number of anilines is 1. The Morgan fingerprint density at radius 3 is 2.23 bits per heavy atom. The molecule has 160 valence electrons. The van der Waals surface area contributed by atoms with Crippen LogP contribution in [0.1, 0.15) is 36.0 Å². The molecule has 0 heterocycles. The zero-order chi connectivity index (χ0) is 22.1. The fourth-order valence-electron chi connectivity index (χ4n) is 3.00. The number of ketones is 1. The minimum Gasteiger partial charge on any atom is -0.508 e. The van der Waals surface area contributed by atoms with Gasteiger partial charge >= 0.3 is 0 Å². The van der Waals surface area contributed by atoms with E-state index in [0.29, 0.717) is 48.4 Å². The number of Topliss-reactive ketones (excluding diaryl/α,β-unsaturated/α-hetero) is 1. The summed E-state index contributed by atoms with van der Waals surface area (Å²) in [5.74, 6) is 2.05. The molecule has 2 N–H and O–H groups in total. The summed E-state index contributed by atoms with van der Waals surface area (Å²) in [5.41, 5.74) is 1.21. The van der Waals surface area contributed by atoms with Crippen molar-refractivity contribution in [2.45, 2.75) is 25.7 Å². The van der Waals surface area contributed by atoms with Crippen LogP contribution in [0.2, 0.25) is 0 Å². The summed E-state index contributed by atoms with van der Waals surface area (Å²) in [6.45, 7) is 0. The lowest BCUT2D eigenvalue weighted by Crippen LogP contribution is -2.11. The summed E-state index contributed by atoms with van der Waals surface area (Å²) in [7, 11) is 1.61. The van der Waals surface area contributed by atoms with E-state index >= 15 is 0 Å². The fourth-order valence-corrected chi connectivity index (χ4v) is 3.00. The van der Waals surface area contributed by atoms with E-state index < -0.39 is 0 Å². The Hall–Kier alpha value is -3.80. The second-order valence-corrected chi connectivity index (χ2v) is 7.03. The van der Waals surface area contributed by atoms with Gasteiger partial charge in [0.15, 0.2) is 5.78 Å². The maximum atomic E-state index is 12.2. The van der Waals surface area contributed by atoms with Crippen molar-refractivity contribution < 1.29 is 24.2 Å². The number of hydrogen-bond donors (Lipinski definition) is 2. The molecule has 0 aromatic heterocycles. The van der Waals surface area contributed by atoms with E-state index in [4.69, 9.17) is 9.47 Å². The Morgan fingerprint density at radius 2 is 1.52 bits per heavy atom. The molecule has 0 saturated carbocycles. The van der Waals surface area contributed by atoms with Crippen LogP contribution in [0.5, 0.6) is 23.0 Å². The normalized spacial score (nSPS) is 10.4. The highest BCUT2D eigenvalue weighted by Gasteiger charge is 2.08. The number of hydrogen-bond acceptors (Lipinski definition) is 5. The summed E-state index contributed by atoms with van der Waals surface area (Å²) < 4.78 is 10.9. The van der Waals surface area contributed by atoms with Crippen LogP contribution in [0.3, 0.4) is 0 Å². The van der Waals surface area contributed by atoms with Gasteiger partial charge in [-0.05, 0) is 73.5 Å². The average molecular weight is 419 g/mol. The van der Waals surface area contributed by atoms with E-state index in [0.717, 1.165) is 5.75 Å². The molecule has 0 spiro atoms. The first-order valence-electron chi connectivity index (χ1n) is 10.1. The van der Waals surface area contributed by atoms with Crippen molar-refractivity contribution >= 4 is 17.4 Å². The third-order valence-corrected chi connectivity index (χ3v) is 4.66. The van der Waals surface area contributed by atoms with Gasteiger partial charge in [0.05, 0.1) is 7.11 Å². The number of nitrogens with one attached hydrogen (secondary N) is 1. The number of phenolic OH excluding ortho intramolecular Hbond substituents is 1. The van der Waals surface area contributed by atoms with Crippen LogP contribution >= 0.6 is 0 Å². The quantitative estimate of drug-likeness (QED) is 0.331. The van der Waals surface area contributed by atoms with Crippen LogP contribution in [0.25, 0.3) is 0 Å². The molecule has 0 saturated heterocycles. The van der Waals surface area contributed by atoms with Crippen LogP contribution in [0.4, 0.5) is 5.69 Å². The van der Waals surface area contributed by atoms with E-state index in [2.05, 4.69) is 5.32 Å². The largest absolute Gasteiger partial charge is 0.508 e. The molecular formula is C25H25NO5. The van der Waals surface area contributed by atoms with Gasteiger partial charge in [-0.25, -0.2) is 0 Å². The molecule has 0 unspecified atom stereocenters. The molecule has 0 fully saturated rings. The SMILES string of the molecule is COc1ccc(Oc2cccc(NC(=O)CCCCC(=O)c3ccc(O)cc3)c2)cc1. The van der Waals surface area contributed by atoms with E-state index in [1.54, 1.807) is 31.4 Å². The molecule has 0 radical (unpaired) electrons. The third-order valence-electron chi connectivity index (χ3n) is 4.66. The van der Waals surface area contributed by atoms with Crippen molar-refractivity contribution in [3.63, 3.8) is 0 Å². The van der Waals surface area contributed by atoms with Crippen molar-refractivity contribution in [1.29, 1.82) is 0 Å². The first-order chi connectivity index (χ1) is 15.0. The molecule has 1 amide bonds. The Morgan fingerprint density at radius 1 is 0.839 bits per heavy atom. The van der Waals surface area contributed by atoms with Crippen LogP contribution < -0.4 is 14.8 Å². The molecule has 3 rings (SSSR count). The number of unbranched alkanes of at least 4 members (excludes halogenated alkanes) is 1. The van der Waals surface area contributed by atoms with Crippen molar-refractivity contribution in [3.05, 3.63) is 78.4 Å². The number of methoxy groups -OCH3 is 1. The maximum absolute atomic E-state index is 12.2. The van der Waals surface area contributed by atoms with Crippen LogP contribution in [0.15, 0.2) is 72.8 Å². The molecule has 3 aromatic carbocycles. The lowest BCUT2D eigenvalue weighted by molar-refractivity contribution is -0.116. The van der Waals surface area contributed by atoms with E-state index in [-0.39, 0.29) is 17.4 Å². The minimum atomic E-state index is -0.112. The van der Waals surface area contributed by atoms with Gasteiger partial charge in [-0.15, -0.1) is 0 Å². The summed E-state index contributed by atoms with van der Waals surface area (Å²) in [6.07, 6.45) is 1.92. The number of ether oxygens (including phenoxy) is 2. The van der Waals surface area contributed by atoms with Gasteiger partial charge in [0.25, 0.3) is 0 Å². The second kappa shape index (κ2) is 10.8. The first kappa shape index (κ1) is 21.9. The van der Waals surface area contributed by atoms with Gasteiger partial charge < -0.3 is 19.9 Å². The second-order valence-electron chi connectivity index (χ2n) is 7.03. The standard InChI is InChI=1S/C25H25NO5/c1-30-21-13-15-22(16-14-21)31-23-6-4-5-19(17-23)26-25(29)8-3-2-7-24(28)18-9-11-20(27)12-10-18/h4-6,9-17,27H,2-3,7-8H2,1H3,(H,26,29). The van der Waals surface area contributed by atoms with E-state index in [1.807, 2.05) is 36.4 Å². The number of phenols is 1. The van der Waals surface area contributed by atoms with Crippen molar-refractivity contribution in [2.75, 3.05) is 12.4 Å². The Balaban J connectivity index is 1.43. The first-order valence-corrected chi connectivity index (χ1v) is 10.1. The number of rotatable bonds is 10. The van der Waals surface area contributed by atoms with Gasteiger partial charge in [-0.2, -0.15) is 0 Å². The zero-order valence-corrected chi connectivity index (χ0v) is 17.3. The van der Waals surface area contributed by atoms with Crippen molar-refractivity contribution in [1.82, 2.24) is 0 Å². The zero-order valence-electron chi connectivity index (χ0n) is 17.3. The van der Waals surface area contributed by atoms with Gasteiger partial charge in [0, 0.05) is 30.2 Å². The van der Waals surface area contributed by atoms with Crippen LogP contribution in [-0.4, -0.2) is 23.9 Å². The molecule has 0 bridgehead atoms. The van der Waals surface area contributed by atoms with Gasteiger partial charge in [0.1, 0.15) is 23.0 Å². The van der Waals surface area contributed by atoms with E-state index in [9.17, 15) is 14.7 Å². The molecule has 0 aliphatic rings. The molecular weight excluding hydrogens is 394 g/mol. The highest BCUT2D eigenvalue weighted by atomic mass is 16.5. The summed E-state index contributed by atoms with van der Waals surface area (Å²) in [4.78, 5) is 24.3. The molecule has 6 heteroatoms. The molecule has 3 aromatic rings. The van der Waals surface area contributed by atoms with Crippen molar-refractivity contribution in [2.24, 2.45) is 0 Å². The molecule has 0 atom stereocenters. The van der Waals surface area contributed by atoms with Crippen molar-refractivity contribution in [3.8, 4) is 23.0 Å². The molecule has 0 aliphatic carbocycles. The number of amides is 1. The van der Waals surface area contributed by atoms with Gasteiger partial charge in [-0.1, -0.05) is 6.07 Å². The summed E-state index contributed by atoms with van der Waals surface area (Å²) >= 11 is 0. The Bertz CT molecular complexity index is 1010. The van der Waals surface area contributed by atoms with Gasteiger partial charge in [0.2, 0.25) is 5.91 Å². The Labute approximate surface area is 181 Å². The topological polar surface area (TPSA) is 84.9 Å². The maximum Gasteiger partial charge on any atom is 0.224 e. The minimum absolute atomic E-state index is 0.00351. The Kier molecular flexibility index (Phi) is 7.65. The van der Waals surface area contributed by atoms with E-state index in [1.165, 1.54) is 12.1 Å². The highest BCUT2D eigenvalue weighted by molar-refractivity contribution is 5.96. The summed E-state index contributed by atoms with van der Waals surface area (Å²) in [6, 6.07) is 20.6. The predicted octanol–water partition coefficient (Wildman–Crippen LogP) is 5.57. The monoisotopic (exact) mass is 419 g/mol. The predicted molar refractivity (Wildman–Crippen MR) is 119 cm³/mol. The van der Waals surface area contributed by atoms with Gasteiger partial charge in [-0.3, -0.25) is 9.59 Å². The lowest BCUT2D eigenvalue weighted by Gasteiger charge is -2.09. The molecule has 6 nitrogen and oxygen atoms in total. The molecule has 31 heavy (non-hydrogen) atoms. The fraction of sp³-hybridized carbons (Fsp3) is 0.200. The smallest absolute Gasteiger partial charge is 0.224 e. The number of aromatic hydroxyl groups is 1. The number of benzene rings is 3.